The van der Waals surface area contributed by atoms with Gasteiger partial charge in [0.25, 0.3) is 0 Å². The van der Waals surface area contributed by atoms with Gasteiger partial charge in [-0.3, -0.25) is 4.79 Å². The lowest BCUT2D eigenvalue weighted by atomic mass is 10.1. The van der Waals surface area contributed by atoms with E-state index in [1.54, 1.807) is 14.2 Å². The Labute approximate surface area is 204 Å². The van der Waals surface area contributed by atoms with Crippen molar-refractivity contribution in [3.63, 3.8) is 0 Å². The van der Waals surface area contributed by atoms with E-state index in [0.717, 1.165) is 47.0 Å². The molecule has 0 saturated carbocycles. The first-order valence-electron chi connectivity index (χ1n) is 11.8. The molecular formula is C28H29N3O4. The van der Waals surface area contributed by atoms with Gasteiger partial charge in [-0.05, 0) is 55.0 Å². The van der Waals surface area contributed by atoms with Crippen molar-refractivity contribution in [3.8, 4) is 17.2 Å². The number of carbonyl (C=O) groups excluding carboxylic acids is 1. The van der Waals surface area contributed by atoms with E-state index in [1.165, 1.54) is 0 Å². The van der Waals surface area contributed by atoms with Gasteiger partial charge in [-0.2, -0.15) is 0 Å². The third-order valence-electron chi connectivity index (χ3n) is 6.40. The molecular weight excluding hydrogens is 442 g/mol. The quantitative estimate of drug-likeness (QED) is 0.320. The molecule has 7 nitrogen and oxygen atoms in total. The number of nitrogens with zero attached hydrogens (tertiary/aromatic N) is 3. The summed E-state index contributed by atoms with van der Waals surface area (Å²) in [5.74, 6) is 3.35. The lowest BCUT2D eigenvalue weighted by Gasteiger charge is -2.19. The predicted octanol–water partition coefficient (Wildman–Crippen LogP) is 5.04. The number of benzene rings is 3. The molecule has 1 saturated heterocycles. The van der Waals surface area contributed by atoms with E-state index >= 15 is 0 Å². The smallest absolute Gasteiger partial charge is 0.227 e. The molecule has 1 aliphatic rings. The summed E-state index contributed by atoms with van der Waals surface area (Å²) in [7, 11) is 3.28. The molecule has 1 aliphatic heterocycles. The molecule has 0 N–H and O–H groups in total. The molecule has 5 rings (SSSR count). The highest BCUT2D eigenvalue weighted by molar-refractivity contribution is 5.97. The Morgan fingerprint density at radius 2 is 1.66 bits per heavy atom. The number of aromatic nitrogens is 2. The minimum atomic E-state index is 0.00215. The number of hydrogen-bond donors (Lipinski definition) is 0. The zero-order valence-corrected chi connectivity index (χ0v) is 20.0. The molecule has 1 amide bonds. The number of methoxy groups -OCH3 is 2. The van der Waals surface area contributed by atoms with Crippen LogP contribution < -0.4 is 19.1 Å². The van der Waals surface area contributed by atoms with E-state index in [9.17, 15) is 4.79 Å². The van der Waals surface area contributed by atoms with Gasteiger partial charge in [0, 0.05) is 25.4 Å². The second kappa shape index (κ2) is 10.1. The number of para-hydroxylation sites is 4. The number of anilines is 1. The van der Waals surface area contributed by atoms with Gasteiger partial charge < -0.3 is 23.7 Å². The van der Waals surface area contributed by atoms with Gasteiger partial charge >= 0.3 is 0 Å². The Morgan fingerprint density at radius 1 is 0.914 bits per heavy atom. The van der Waals surface area contributed by atoms with Crippen LogP contribution in [0.25, 0.3) is 11.0 Å². The van der Waals surface area contributed by atoms with Crippen LogP contribution in [0.15, 0.2) is 72.8 Å². The Bertz CT molecular complexity index is 1320. The van der Waals surface area contributed by atoms with Crippen molar-refractivity contribution < 1.29 is 19.0 Å². The Morgan fingerprint density at radius 3 is 2.46 bits per heavy atom. The van der Waals surface area contributed by atoms with Crippen molar-refractivity contribution in [1.29, 1.82) is 0 Å². The Balaban J connectivity index is 1.33. The number of amides is 1. The van der Waals surface area contributed by atoms with Crippen LogP contribution in [-0.4, -0.2) is 42.8 Å². The summed E-state index contributed by atoms with van der Waals surface area (Å²) in [5.41, 5.74) is 2.83. The maximum absolute atomic E-state index is 13.0. The molecule has 0 unspecified atom stereocenters. The maximum atomic E-state index is 13.0. The molecule has 1 fully saturated rings. The van der Waals surface area contributed by atoms with Crippen LogP contribution >= 0.6 is 0 Å². The fourth-order valence-corrected chi connectivity index (χ4v) is 4.69. The molecule has 0 radical (unpaired) electrons. The van der Waals surface area contributed by atoms with Crippen molar-refractivity contribution in [3.05, 3.63) is 78.6 Å². The zero-order chi connectivity index (χ0) is 24.2. The van der Waals surface area contributed by atoms with Crippen molar-refractivity contribution in [2.75, 3.05) is 32.3 Å². The maximum Gasteiger partial charge on any atom is 0.227 e. The van der Waals surface area contributed by atoms with Gasteiger partial charge in [0.15, 0.2) is 0 Å². The topological polar surface area (TPSA) is 65.8 Å². The van der Waals surface area contributed by atoms with Crippen LogP contribution in [0.4, 0.5) is 5.69 Å². The van der Waals surface area contributed by atoms with Crippen molar-refractivity contribution in [2.45, 2.75) is 25.3 Å². The number of aryl methyl sites for hydroxylation is 1. The minimum Gasteiger partial charge on any atom is -0.497 e. The van der Waals surface area contributed by atoms with Gasteiger partial charge in [-0.25, -0.2) is 4.98 Å². The summed E-state index contributed by atoms with van der Waals surface area (Å²) in [6.07, 6.45) is 1.24. The Hall–Kier alpha value is -4.00. The number of ether oxygens (including phenoxy) is 3. The molecule has 1 atom stereocenters. The molecule has 0 spiro atoms. The third kappa shape index (κ3) is 4.67. The lowest BCUT2D eigenvalue weighted by Crippen LogP contribution is -2.25. The summed E-state index contributed by atoms with van der Waals surface area (Å²) >= 11 is 0. The van der Waals surface area contributed by atoms with Gasteiger partial charge in [0.1, 0.15) is 23.1 Å². The van der Waals surface area contributed by atoms with Crippen molar-refractivity contribution in [2.24, 2.45) is 0 Å². The Kier molecular flexibility index (Phi) is 6.57. The van der Waals surface area contributed by atoms with E-state index in [-0.39, 0.29) is 11.8 Å². The average Bonchev–Trinajstić information content (AvgIpc) is 3.47. The third-order valence-corrected chi connectivity index (χ3v) is 6.40. The highest BCUT2D eigenvalue weighted by Gasteiger charge is 2.35. The highest BCUT2D eigenvalue weighted by Crippen LogP contribution is 2.37. The summed E-state index contributed by atoms with van der Waals surface area (Å²) in [4.78, 5) is 19.8. The monoisotopic (exact) mass is 471 g/mol. The van der Waals surface area contributed by atoms with Crippen LogP contribution in [0.1, 0.15) is 24.6 Å². The molecule has 0 aliphatic carbocycles. The van der Waals surface area contributed by atoms with Crippen LogP contribution in [0.2, 0.25) is 0 Å². The molecule has 1 aromatic heterocycles. The van der Waals surface area contributed by atoms with E-state index in [1.807, 2.05) is 71.6 Å². The number of carbonyl (C=O) groups is 1. The molecule has 2 heterocycles. The second-order valence-electron chi connectivity index (χ2n) is 8.57. The highest BCUT2D eigenvalue weighted by atomic mass is 16.5. The molecule has 4 aromatic rings. The zero-order valence-electron chi connectivity index (χ0n) is 20.0. The van der Waals surface area contributed by atoms with Gasteiger partial charge in [-0.1, -0.05) is 24.3 Å². The number of fused-ring (bicyclic) bond motifs is 1. The SMILES string of the molecule is COc1ccc(OCCCn2c([C@@H]3CC(=O)N(c4ccccc4OC)C3)nc3ccccc32)cc1. The standard InChI is InChI=1S/C28H29N3O4/c1-33-21-12-14-22(15-13-21)35-17-7-16-30-24-9-4-3-8-23(24)29-28(30)20-18-27(32)31(19-20)25-10-5-6-11-26(25)34-2/h3-6,8-15,20H,7,16-19H2,1-2H3/t20-/m1/s1. The van der Waals surface area contributed by atoms with Gasteiger partial charge in [0.2, 0.25) is 5.91 Å². The normalized spacial score (nSPS) is 15.5. The minimum absolute atomic E-state index is 0.00215. The summed E-state index contributed by atoms with van der Waals surface area (Å²) < 4.78 is 18.9. The van der Waals surface area contributed by atoms with Crippen molar-refractivity contribution in [1.82, 2.24) is 9.55 Å². The first-order chi connectivity index (χ1) is 17.2. The first-order valence-corrected chi connectivity index (χ1v) is 11.8. The predicted molar refractivity (Wildman–Crippen MR) is 136 cm³/mol. The van der Waals surface area contributed by atoms with Crippen LogP contribution in [-0.2, 0) is 11.3 Å². The lowest BCUT2D eigenvalue weighted by molar-refractivity contribution is -0.117. The van der Waals surface area contributed by atoms with Crippen molar-refractivity contribution >= 4 is 22.6 Å². The van der Waals surface area contributed by atoms with E-state index in [0.29, 0.717) is 25.3 Å². The van der Waals surface area contributed by atoms with Crippen LogP contribution in [0, 0.1) is 0 Å². The number of hydrogen-bond acceptors (Lipinski definition) is 5. The van der Waals surface area contributed by atoms with E-state index in [2.05, 4.69) is 10.6 Å². The fraction of sp³-hybridized carbons (Fsp3) is 0.286. The van der Waals surface area contributed by atoms with Gasteiger partial charge in [0.05, 0.1) is 37.5 Å². The molecule has 35 heavy (non-hydrogen) atoms. The number of imidazole rings is 1. The largest absolute Gasteiger partial charge is 0.497 e. The molecule has 7 heteroatoms. The fourth-order valence-electron chi connectivity index (χ4n) is 4.69. The molecule has 0 bridgehead atoms. The van der Waals surface area contributed by atoms with Crippen LogP contribution in [0.5, 0.6) is 17.2 Å². The number of rotatable bonds is 9. The van der Waals surface area contributed by atoms with E-state index in [4.69, 9.17) is 19.2 Å². The first kappa shape index (κ1) is 22.8. The summed E-state index contributed by atoms with van der Waals surface area (Å²) in [5, 5.41) is 0. The molecule has 180 valence electrons. The van der Waals surface area contributed by atoms with E-state index < -0.39 is 0 Å². The summed E-state index contributed by atoms with van der Waals surface area (Å²) in [6.45, 7) is 1.91. The molecule has 3 aromatic carbocycles. The average molecular weight is 472 g/mol. The second-order valence-corrected chi connectivity index (χ2v) is 8.57. The van der Waals surface area contributed by atoms with Gasteiger partial charge in [-0.15, -0.1) is 0 Å². The summed E-state index contributed by atoms with van der Waals surface area (Å²) in [6, 6.07) is 23.4. The van der Waals surface area contributed by atoms with Crippen LogP contribution in [0.3, 0.4) is 0 Å².